The minimum Gasteiger partial charge on any atom is -0.391 e. The Morgan fingerprint density at radius 3 is 2.17 bits per heavy atom. The summed E-state index contributed by atoms with van der Waals surface area (Å²) in [7, 11) is 0. The fraction of sp³-hybridized carbons (Fsp3) is 0.714. The van der Waals surface area contributed by atoms with Crippen LogP contribution in [0.25, 0.3) is 0 Å². The van der Waals surface area contributed by atoms with Gasteiger partial charge in [0.1, 0.15) is 4.87 Å². The molecule has 2 rings (SSSR count). The zero-order valence-electron chi connectivity index (χ0n) is 5.95. The van der Waals surface area contributed by atoms with Crippen molar-refractivity contribution in [1.29, 1.82) is 0 Å². The minimum absolute atomic E-state index is 0.305. The number of hydrogen-bond donors (Lipinski definition) is 1. The van der Waals surface area contributed by atoms with Crippen LogP contribution in [0.15, 0.2) is 10.1 Å². The molecule has 0 aromatic carbocycles. The molecule has 68 valence electrons. The number of allylic oxidation sites excluding steroid dienone is 1. The van der Waals surface area contributed by atoms with Crippen LogP contribution in [0.4, 0.5) is 0 Å². The minimum atomic E-state index is -0.930. The van der Waals surface area contributed by atoms with Gasteiger partial charge in [0, 0.05) is 0 Å². The van der Waals surface area contributed by atoms with E-state index in [0.717, 1.165) is 0 Å². The highest BCUT2D eigenvalue weighted by atomic mass is 35.5. The van der Waals surface area contributed by atoms with Gasteiger partial charge in [-0.3, -0.25) is 0 Å². The first-order chi connectivity index (χ1) is 5.40. The maximum Gasteiger partial charge on any atom is 0.109 e. The van der Waals surface area contributed by atoms with Crippen molar-refractivity contribution in [2.75, 3.05) is 0 Å². The zero-order chi connectivity index (χ0) is 9.15. The van der Waals surface area contributed by atoms with Crippen LogP contribution in [0, 0.1) is 0 Å². The van der Waals surface area contributed by atoms with Crippen LogP contribution in [0.3, 0.4) is 0 Å². The zero-order valence-corrected chi connectivity index (χ0v) is 8.97. The normalized spacial score (nSPS) is 52.2. The Balaban J connectivity index is 2.54. The van der Waals surface area contributed by atoms with Crippen molar-refractivity contribution >= 4 is 46.4 Å². The summed E-state index contributed by atoms with van der Waals surface area (Å²) >= 11 is 23.9. The molecule has 0 saturated heterocycles. The highest BCUT2D eigenvalue weighted by Crippen LogP contribution is 2.62. The second-order valence-corrected chi connectivity index (χ2v) is 5.51. The molecule has 3 atom stereocenters. The van der Waals surface area contributed by atoms with Gasteiger partial charge in [-0.1, -0.05) is 23.2 Å². The molecule has 2 aliphatic carbocycles. The Labute approximate surface area is 90.2 Å². The highest BCUT2D eigenvalue weighted by molar-refractivity contribution is 6.51. The van der Waals surface area contributed by atoms with Gasteiger partial charge in [0.15, 0.2) is 0 Å². The molecule has 1 N–H and O–H groups in total. The van der Waals surface area contributed by atoms with Crippen LogP contribution in [-0.2, 0) is 0 Å². The maximum atomic E-state index is 9.54. The topological polar surface area (TPSA) is 20.2 Å². The molecule has 0 aromatic heterocycles. The first kappa shape index (κ1) is 9.42. The third-order valence-corrected chi connectivity index (χ3v) is 4.95. The number of rotatable bonds is 0. The Bertz CT molecular complexity index is 277. The van der Waals surface area contributed by atoms with E-state index < -0.39 is 15.9 Å². The second kappa shape index (κ2) is 2.46. The Kier molecular flexibility index (Phi) is 1.93. The summed E-state index contributed by atoms with van der Waals surface area (Å²) in [4.78, 5) is -1.65. The van der Waals surface area contributed by atoms with Crippen LogP contribution < -0.4 is 0 Å². The van der Waals surface area contributed by atoms with E-state index >= 15 is 0 Å². The standard InChI is InChI=1S/C7H6Cl4O/c8-4-5(9)7(11)2-6(4,10)1-3(7)12/h3,12H,1-2H2/t3-,6+,7-/m0/s1. The van der Waals surface area contributed by atoms with E-state index in [-0.39, 0.29) is 0 Å². The summed E-state index contributed by atoms with van der Waals surface area (Å²) in [5.74, 6) is 0. The van der Waals surface area contributed by atoms with Gasteiger partial charge in [-0.25, -0.2) is 0 Å². The van der Waals surface area contributed by atoms with Crippen molar-refractivity contribution in [2.45, 2.75) is 28.7 Å². The monoisotopic (exact) mass is 246 g/mol. The molecule has 0 radical (unpaired) electrons. The van der Waals surface area contributed by atoms with Crippen molar-refractivity contribution in [3.05, 3.63) is 10.1 Å². The van der Waals surface area contributed by atoms with Crippen molar-refractivity contribution < 1.29 is 5.11 Å². The third-order valence-electron chi connectivity index (χ3n) is 2.53. The highest BCUT2D eigenvalue weighted by Gasteiger charge is 2.62. The number of fused-ring (bicyclic) bond motifs is 2. The molecular weight excluding hydrogens is 242 g/mol. The van der Waals surface area contributed by atoms with Crippen LogP contribution in [0.1, 0.15) is 12.8 Å². The lowest BCUT2D eigenvalue weighted by Crippen LogP contribution is -2.32. The summed E-state index contributed by atoms with van der Waals surface area (Å²) in [6.45, 7) is 0. The van der Waals surface area contributed by atoms with E-state index in [1.807, 2.05) is 0 Å². The van der Waals surface area contributed by atoms with Gasteiger partial charge in [-0.2, -0.15) is 0 Å². The van der Waals surface area contributed by atoms with E-state index in [1.165, 1.54) is 0 Å². The van der Waals surface area contributed by atoms with Gasteiger partial charge in [-0.05, 0) is 12.8 Å². The molecule has 0 aromatic rings. The van der Waals surface area contributed by atoms with E-state index in [2.05, 4.69) is 0 Å². The van der Waals surface area contributed by atoms with Crippen LogP contribution in [0.5, 0.6) is 0 Å². The first-order valence-corrected chi connectivity index (χ1v) is 5.03. The number of aliphatic hydroxyl groups is 1. The van der Waals surface area contributed by atoms with Crippen LogP contribution in [0.2, 0.25) is 0 Å². The lowest BCUT2D eigenvalue weighted by Gasteiger charge is -2.25. The van der Waals surface area contributed by atoms with E-state index in [0.29, 0.717) is 22.9 Å². The summed E-state index contributed by atoms with van der Waals surface area (Å²) in [6.07, 6.45) is 0.112. The fourth-order valence-electron chi connectivity index (χ4n) is 1.84. The molecule has 0 aliphatic heterocycles. The molecule has 0 spiro atoms. The quantitative estimate of drug-likeness (QED) is 0.653. The number of alkyl halides is 2. The largest absolute Gasteiger partial charge is 0.391 e. The van der Waals surface area contributed by atoms with Crippen LogP contribution in [-0.4, -0.2) is 21.0 Å². The van der Waals surface area contributed by atoms with Gasteiger partial charge in [0.05, 0.1) is 21.0 Å². The predicted octanol–water partition coefficient (Wildman–Crippen LogP) is 2.80. The average molecular weight is 248 g/mol. The van der Waals surface area contributed by atoms with Crippen molar-refractivity contribution in [3.8, 4) is 0 Å². The molecule has 0 unspecified atom stereocenters. The van der Waals surface area contributed by atoms with Gasteiger partial charge in [0.2, 0.25) is 0 Å². The molecule has 0 heterocycles. The SMILES string of the molecule is O[C@H]1C[C@@]2(Cl)C[C@@]1(Cl)C(Cl)=C2Cl. The van der Waals surface area contributed by atoms with E-state index in [1.54, 1.807) is 0 Å². The van der Waals surface area contributed by atoms with E-state index in [4.69, 9.17) is 46.4 Å². The summed E-state index contributed by atoms with van der Waals surface area (Å²) in [6, 6.07) is 0. The molecule has 12 heavy (non-hydrogen) atoms. The lowest BCUT2D eigenvalue weighted by atomic mass is 10.0. The Hall–Kier alpha value is 0.860. The van der Waals surface area contributed by atoms with Gasteiger partial charge in [0.25, 0.3) is 0 Å². The molecule has 2 aliphatic rings. The number of hydrogen-bond acceptors (Lipinski definition) is 1. The molecule has 1 nitrogen and oxygen atoms in total. The summed E-state index contributed by atoms with van der Waals surface area (Å²) in [5, 5.41) is 10.2. The summed E-state index contributed by atoms with van der Waals surface area (Å²) < 4.78 is 0. The van der Waals surface area contributed by atoms with Gasteiger partial charge < -0.3 is 5.11 Å². The van der Waals surface area contributed by atoms with Crippen LogP contribution >= 0.6 is 46.4 Å². The van der Waals surface area contributed by atoms with E-state index in [9.17, 15) is 5.11 Å². The molecule has 2 bridgehead atoms. The molecule has 5 heteroatoms. The van der Waals surface area contributed by atoms with Crippen molar-refractivity contribution in [3.63, 3.8) is 0 Å². The number of halogens is 4. The maximum absolute atomic E-state index is 9.54. The third kappa shape index (κ3) is 0.921. The molecule has 0 amide bonds. The fourth-order valence-corrected chi connectivity index (χ4v) is 3.54. The van der Waals surface area contributed by atoms with Crippen molar-refractivity contribution in [1.82, 2.24) is 0 Å². The smallest absolute Gasteiger partial charge is 0.109 e. The average Bonchev–Trinajstić information content (AvgIpc) is 2.29. The van der Waals surface area contributed by atoms with Crippen molar-refractivity contribution in [2.24, 2.45) is 0 Å². The molecular formula is C7H6Cl4O. The predicted molar refractivity (Wildman–Crippen MR) is 51.1 cm³/mol. The van der Waals surface area contributed by atoms with Gasteiger partial charge >= 0.3 is 0 Å². The van der Waals surface area contributed by atoms with Gasteiger partial charge in [-0.15, -0.1) is 23.2 Å². The molecule has 1 fully saturated rings. The first-order valence-electron chi connectivity index (χ1n) is 3.52. The molecule has 1 saturated carbocycles. The number of aliphatic hydroxyl groups excluding tert-OH is 1. The summed E-state index contributed by atoms with van der Waals surface area (Å²) in [5.41, 5.74) is 0. The Morgan fingerprint density at radius 1 is 1.25 bits per heavy atom. The second-order valence-electron chi connectivity index (χ2n) is 3.35. The Morgan fingerprint density at radius 2 is 1.83 bits per heavy atom. The lowest BCUT2D eigenvalue weighted by molar-refractivity contribution is 0.158.